The molecule has 1 amide bonds. The minimum Gasteiger partial charge on any atom is -0.488 e. The number of hydrogen-bond acceptors (Lipinski definition) is 5. The molecule has 2 N–H and O–H groups in total. The van der Waals surface area contributed by atoms with Gasteiger partial charge < -0.3 is 15.2 Å². The third-order valence-electron chi connectivity index (χ3n) is 4.89. The Morgan fingerprint density at radius 3 is 2.45 bits per heavy atom. The number of amidine groups is 1. The predicted molar refractivity (Wildman–Crippen MR) is 131 cm³/mol. The molecule has 0 bridgehead atoms. The number of rotatable bonds is 6. The lowest BCUT2D eigenvalue weighted by molar-refractivity contribution is -0.115. The van der Waals surface area contributed by atoms with Gasteiger partial charge >= 0.3 is 5.97 Å². The van der Waals surface area contributed by atoms with E-state index in [1.165, 1.54) is 11.8 Å². The molecule has 3 aromatic rings. The number of thioether (sulfide) groups is 1. The number of aromatic carboxylic acids is 1. The molecule has 166 valence electrons. The van der Waals surface area contributed by atoms with Crippen molar-refractivity contribution >= 4 is 40.6 Å². The second-order valence-electron chi connectivity index (χ2n) is 7.66. The van der Waals surface area contributed by atoms with Crippen molar-refractivity contribution in [2.24, 2.45) is 4.99 Å². The van der Waals surface area contributed by atoms with Crippen LogP contribution in [0.1, 0.15) is 32.6 Å². The Kier molecular flexibility index (Phi) is 6.60. The molecule has 6 nitrogen and oxygen atoms in total. The summed E-state index contributed by atoms with van der Waals surface area (Å²) in [6, 6.07) is 20.0. The molecule has 4 rings (SSSR count). The summed E-state index contributed by atoms with van der Waals surface area (Å²) in [6.07, 6.45) is 1.78. The molecule has 3 aromatic carbocycles. The third kappa shape index (κ3) is 5.70. The van der Waals surface area contributed by atoms with Crippen molar-refractivity contribution in [2.45, 2.75) is 20.5 Å². The van der Waals surface area contributed by atoms with Crippen LogP contribution in [0.5, 0.6) is 5.75 Å². The van der Waals surface area contributed by atoms with Gasteiger partial charge in [0.05, 0.1) is 16.2 Å². The van der Waals surface area contributed by atoms with Crippen molar-refractivity contribution in [3.05, 3.63) is 99.5 Å². The fraction of sp³-hybridized carbons (Fsp3) is 0.115. The minimum absolute atomic E-state index is 0.206. The summed E-state index contributed by atoms with van der Waals surface area (Å²) in [5.41, 5.74) is 4.87. The number of carbonyl (C=O) groups excluding carboxylic acids is 1. The molecule has 1 aliphatic heterocycles. The Hall–Kier alpha value is -3.84. The van der Waals surface area contributed by atoms with Crippen molar-refractivity contribution in [1.82, 2.24) is 5.32 Å². The highest BCUT2D eigenvalue weighted by atomic mass is 32.2. The van der Waals surface area contributed by atoms with Crippen LogP contribution in [0.2, 0.25) is 0 Å². The number of amides is 1. The van der Waals surface area contributed by atoms with Gasteiger partial charge in [-0.2, -0.15) is 0 Å². The highest BCUT2D eigenvalue weighted by Gasteiger charge is 2.24. The number of aliphatic imine (C=N–C) groups is 1. The zero-order valence-corrected chi connectivity index (χ0v) is 19.0. The zero-order valence-electron chi connectivity index (χ0n) is 18.2. The lowest BCUT2D eigenvalue weighted by atomic mass is 10.1. The number of para-hydroxylation sites is 1. The van der Waals surface area contributed by atoms with Gasteiger partial charge in [-0.05, 0) is 78.7 Å². The zero-order chi connectivity index (χ0) is 23.4. The summed E-state index contributed by atoms with van der Waals surface area (Å²) in [7, 11) is 0. The van der Waals surface area contributed by atoms with Gasteiger partial charge in [0.1, 0.15) is 12.4 Å². The predicted octanol–water partition coefficient (Wildman–Crippen LogP) is 5.47. The first-order valence-electron chi connectivity index (χ1n) is 10.3. The Balaban J connectivity index is 1.50. The summed E-state index contributed by atoms with van der Waals surface area (Å²) >= 11 is 1.29. The fourth-order valence-electron chi connectivity index (χ4n) is 3.39. The van der Waals surface area contributed by atoms with Gasteiger partial charge in [-0.3, -0.25) is 4.79 Å². The van der Waals surface area contributed by atoms with E-state index in [1.807, 2.05) is 50.2 Å². The van der Waals surface area contributed by atoms with Gasteiger partial charge in [0.25, 0.3) is 5.91 Å². The second-order valence-corrected chi connectivity index (χ2v) is 8.69. The Morgan fingerprint density at radius 1 is 1.06 bits per heavy atom. The Bertz CT molecular complexity index is 1260. The first kappa shape index (κ1) is 22.4. The van der Waals surface area contributed by atoms with Crippen molar-refractivity contribution in [1.29, 1.82) is 0 Å². The summed E-state index contributed by atoms with van der Waals surface area (Å²) < 4.78 is 5.95. The van der Waals surface area contributed by atoms with Crippen molar-refractivity contribution in [3.63, 3.8) is 0 Å². The molecule has 1 heterocycles. The molecular weight excluding hydrogens is 436 g/mol. The Morgan fingerprint density at radius 2 is 1.76 bits per heavy atom. The maximum Gasteiger partial charge on any atom is 0.335 e. The van der Waals surface area contributed by atoms with E-state index in [0.29, 0.717) is 15.8 Å². The molecule has 0 saturated carbocycles. The lowest BCUT2D eigenvalue weighted by Gasteiger charge is -2.10. The molecule has 0 atom stereocenters. The van der Waals surface area contributed by atoms with Gasteiger partial charge in [-0.25, -0.2) is 9.79 Å². The molecule has 0 radical (unpaired) electrons. The van der Waals surface area contributed by atoms with Gasteiger partial charge in [0.15, 0.2) is 5.17 Å². The van der Waals surface area contributed by atoms with E-state index in [9.17, 15) is 9.59 Å². The number of nitrogens with zero attached hydrogens (tertiary/aromatic N) is 1. The van der Waals surface area contributed by atoms with E-state index < -0.39 is 5.97 Å². The number of hydrogen-bond donors (Lipinski definition) is 2. The standard InChI is InChI=1S/C26H22N2O4S/c1-16-11-17(2)13-21(12-16)27-26-28-24(29)23(33-26)14-20-5-3-4-6-22(20)32-15-18-7-9-19(10-8-18)25(30)31/h3-14H,15H2,1-2H3,(H,30,31)(H,27,28,29)/b23-14-. The third-order valence-corrected chi connectivity index (χ3v) is 5.80. The molecule has 1 aliphatic rings. The number of aryl methyl sites for hydroxylation is 2. The van der Waals surface area contributed by atoms with Crippen LogP contribution in [0.15, 0.2) is 76.6 Å². The van der Waals surface area contributed by atoms with Crippen LogP contribution < -0.4 is 10.1 Å². The van der Waals surface area contributed by atoms with Gasteiger partial charge in [0.2, 0.25) is 0 Å². The minimum atomic E-state index is -0.966. The van der Waals surface area contributed by atoms with Crippen LogP contribution in [0.3, 0.4) is 0 Å². The Labute approximate surface area is 196 Å². The van der Waals surface area contributed by atoms with Crippen molar-refractivity contribution < 1.29 is 19.4 Å². The van der Waals surface area contributed by atoms with Crippen molar-refractivity contribution in [3.8, 4) is 5.75 Å². The smallest absolute Gasteiger partial charge is 0.335 e. The topological polar surface area (TPSA) is 88.0 Å². The van der Waals surface area contributed by atoms with E-state index in [-0.39, 0.29) is 18.1 Å². The van der Waals surface area contributed by atoms with Crippen molar-refractivity contribution in [2.75, 3.05) is 0 Å². The normalized spacial score (nSPS) is 15.6. The van der Waals surface area contributed by atoms with Gasteiger partial charge in [0, 0.05) is 5.56 Å². The number of carbonyl (C=O) groups is 2. The number of carboxylic acid groups (broad SMARTS) is 1. The maximum absolute atomic E-state index is 12.5. The summed E-state index contributed by atoms with van der Waals surface area (Å²) in [5.74, 6) is -0.546. The molecule has 0 spiro atoms. The number of nitrogens with one attached hydrogen (secondary N) is 1. The number of carboxylic acids is 1. The van der Waals surface area contributed by atoms with Crippen LogP contribution in [-0.4, -0.2) is 22.2 Å². The summed E-state index contributed by atoms with van der Waals surface area (Å²) in [5, 5.41) is 12.4. The summed E-state index contributed by atoms with van der Waals surface area (Å²) in [4.78, 5) is 28.6. The monoisotopic (exact) mass is 458 g/mol. The first-order chi connectivity index (χ1) is 15.9. The van der Waals surface area contributed by atoms with Crippen LogP contribution in [0.25, 0.3) is 6.08 Å². The molecule has 0 aromatic heterocycles. The molecular formula is C26H22N2O4S. The molecule has 7 heteroatoms. The SMILES string of the molecule is Cc1cc(C)cc(N=C2NC(=O)/C(=C/c3ccccc3OCc3ccc(C(=O)O)cc3)S2)c1. The molecule has 1 saturated heterocycles. The van der Waals surface area contributed by atoms with E-state index in [1.54, 1.807) is 30.3 Å². The number of benzene rings is 3. The average Bonchev–Trinajstić information content (AvgIpc) is 3.11. The van der Waals surface area contributed by atoms with E-state index in [2.05, 4.69) is 16.4 Å². The molecule has 0 aliphatic carbocycles. The van der Waals surface area contributed by atoms with E-state index >= 15 is 0 Å². The maximum atomic E-state index is 12.5. The molecule has 0 unspecified atom stereocenters. The average molecular weight is 459 g/mol. The fourth-order valence-corrected chi connectivity index (χ4v) is 4.22. The van der Waals surface area contributed by atoms with E-state index in [4.69, 9.17) is 9.84 Å². The lowest BCUT2D eigenvalue weighted by Crippen LogP contribution is -2.19. The quantitative estimate of drug-likeness (QED) is 0.478. The van der Waals surface area contributed by atoms with Crippen LogP contribution in [0, 0.1) is 13.8 Å². The number of ether oxygens (including phenoxy) is 1. The van der Waals surface area contributed by atoms with Crippen LogP contribution in [0.4, 0.5) is 5.69 Å². The van der Waals surface area contributed by atoms with Crippen LogP contribution >= 0.6 is 11.8 Å². The van der Waals surface area contributed by atoms with Gasteiger partial charge in [-0.15, -0.1) is 0 Å². The van der Waals surface area contributed by atoms with E-state index in [0.717, 1.165) is 27.9 Å². The highest BCUT2D eigenvalue weighted by molar-refractivity contribution is 8.18. The summed E-state index contributed by atoms with van der Waals surface area (Å²) in [6.45, 7) is 4.30. The highest BCUT2D eigenvalue weighted by Crippen LogP contribution is 2.31. The molecule has 33 heavy (non-hydrogen) atoms. The van der Waals surface area contributed by atoms with Gasteiger partial charge in [-0.1, -0.05) is 36.4 Å². The van der Waals surface area contributed by atoms with Crippen LogP contribution in [-0.2, 0) is 11.4 Å². The molecule has 1 fully saturated rings. The second kappa shape index (κ2) is 9.75. The first-order valence-corrected chi connectivity index (χ1v) is 11.1. The largest absolute Gasteiger partial charge is 0.488 e.